The van der Waals surface area contributed by atoms with Crippen LogP contribution in [0.2, 0.25) is 0 Å². The Bertz CT molecular complexity index is 382. The van der Waals surface area contributed by atoms with Crippen molar-refractivity contribution in [3.8, 4) is 0 Å². The Balaban J connectivity index is 2.61. The number of nitrogens with one attached hydrogen (secondary N) is 1. The van der Waals surface area contributed by atoms with Crippen molar-refractivity contribution >= 4 is 5.91 Å². The molecule has 18 heavy (non-hydrogen) atoms. The minimum atomic E-state index is -0.0967. The minimum Gasteiger partial charge on any atom is -0.350 e. The van der Waals surface area contributed by atoms with Gasteiger partial charge in [0.25, 0.3) is 0 Å². The van der Waals surface area contributed by atoms with E-state index < -0.39 is 0 Å². The average molecular weight is 248 g/mol. The van der Waals surface area contributed by atoms with Gasteiger partial charge in [0.15, 0.2) is 0 Å². The molecular weight excluding hydrogens is 224 g/mol. The molecule has 0 aliphatic carbocycles. The molecule has 2 unspecified atom stereocenters. The molecule has 0 radical (unpaired) electrons. The fourth-order valence-corrected chi connectivity index (χ4v) is 1.85. The molecule has 3 N–H and O–H groups in total. The third kappa shape index (κ3) is 4.49. The number of hydrogen-bond donors (Lipinski definition) is 2. The van der Waals surface area contributed by atoms with E-state index in [9.17, 15) is 4.79 Å². The maximum atomic E-state index is 11.6. The van der Waals surface area contributed by atoms with Crippen LogP contribution in [0.25, 0.3) is 0 Å². The lowest BCUT2D eigenvalue weighted by molar-refractivity contribution is -0.122. The van der Waals surface area contributed by atoms with Crippen molar-refractivity contribution in [2.75, 3.05) is 0 Å². The zero-order valence-corrected chi connectivity index (χ0v) is 11.7. The van der Waals surface area contributed by atoms with Crippen LogP contribution in [0.4, 0.5) is 0 Å². The zero-order valence-electron chi connectivity index (χ0n) is 11.7. The second-order valence-corrected chi connectivity index (χ2v) is 5.29. The fraction of sp³-hybridized carbons (Fsp3) is 0.533. The first kappa shape index (κ1) is 14.7. The smallest absolute Gasteiger partial charge is 0.222 e. The molecule has 0 aromatic heterocycles. The van der Waals surface area contributed by atoms with Crippen molar-refractivity contribution in [1.82, 2.24) is 5.32 Å². The fourth-order valence-electron chi connectivity index (χ4n) is 1.85. The summed E-state index contributed by atoms with van der Waals surface area (Å²) in [5, 5.41) is 2.96. The highest BCUT2D eigenvalue weighted by Crippen LogP contribution is 2.18. The molecule has 2 atom stereocenters. The van der Waals surface area contributed by atoms with Crippen molar-refractivity contribution in [3.63, 3.8) is 0 Å². The molecular formula is C15H24N2O. The summed E-state index contributed by atoms with van der Waals surface area (Å²) in [6, 6.07) is 8.32. The lowest BCUT2D eigenvalue weighted by Crippen LogP contribution is -2.31. The average Bonchev–Trinajstić information content (AvgIpc) is 2.27. The van der Waals surface area contributed by atoms with Gasteiger partial charge in [0.2, 0.25) is 5.91 Å². The monoisotopic (exact) mass is 248 g/mol. The van der Waals surface area contributed by atoms with Crippen LogP contribution >= 0.6 is 0 Å². The van der Waals surface area contributed by atoms with Gasteiger partial charge in [-0.2, -0.15) is 0 Å². The van der Waals surface area contributed by atoms with Gasteiger partial charge >= 0.3 is 0 Å². The molecule has 3 nitrogen and oxygen atoms in total. The summed E-state index contributed by atoms with van der Waals surface area (Å²) < 4.78 is 0. The van der Waals surface area contributed by atoms with Crippen molar-refractivity contribution in [2.24, 2.45) is 5.73 Å². The summed E-state index contributed by atoms with van der Waals surface area (Å²) in [6.45, 7) is 8.16. The lowest BCUT2D eigenvalue weighted by Gasteiger charge is -2.16. The lowest BCUT2D eigenvalue weighted by atomic mass is 9.99. The van der Waals surface area contributed by atoms with Gasteiger partial charge in [-0.05, 0) is 30.9 Å². The number of carbonyl (C=O) groups is 1. The topological polar surface area (TPSA) is 55.1 Å². The summed E-state index contributed by atoms with van der Waals surface area (Å²) >= 11 is 0. The highest BCUT2D eigenvalue weighted by molar-refractivity contribution is 5.76. The SMILES string of the molecule is CC(N)CC(=O)NC(C)c1ccc(C(C)C)cc1. The van der Waals surface area contributed by atoms with Crippen LogP contribution in [0.3, 0.4) is 0 Å². The normalized spacial score (nSPS) is 14.3. The molecule has 0 bridgehead atoms. The Morgan fingerprint density at radius 1 is 1.11 bits per heavy atom. The van der Waals surface area contributed by atoms with Crippen LogP contribution in [0.15, 0.2) is 24.3 Å². The predicted molar refractivity (Wildman–Crippen MR) is 75.4 cm³/mol. The zero-order chi connectivity index (χ0) is 13.7. The Hall–Kier alpha value is -1.35. The molecule has 0 fully saturated rings. The highest BCUT2D eigenvalue weighted by Gasteiger charge is 2.11. The molecule has 100 valence electrons. The largest absolute Gasteiger partial charge is 0.350 e. The second-order valence-electron chi connectivity index (χ2n) is 5.29. The third-order valence-corrected chi connectivity index (χ3v) is 2.99. The number of carbonyl (C=O) groups excluding carboxylic acids is 1. The Morgan fingerprint density at radius 3 is 2.06 bits per heavy atom. The number of rotatable bonds is 5. The van der Waals surface area contributed by atoms with Crippen molar-refractivity contribution in [1.29, 1.82) is 0 Å². The van der Waals surface area contributed by atoms with E-state index in [2.05, 4.69) is 43.4 Å². The highest BCUT2D eigenvalue weighted by atomic mass is 16.1. The number of amides is 1. The molecule has 1 aromatic rings. The van der Waals surface area contributed by atoms with Gasteiger partial charge < -0.3 is 11.1 Å². The maximum absolute atomic E-state index is 11.6. The van der Waals surface area contributed by atoms with Crippen LogP contribution in [-0.4, -0.2) is 11.9 Å². The Morgan fingerprint density at radius 2 is 1.61 bits per heavy atom. The molecule has 1 aromatic carbocycles. The molecule has 0 heterocycles. The quantitative estimate of drug-likeness (QED) is 0.841. The van der Waals surface area contributed by atoms with Gasteiger partial charge in [-0.15, -0.1) is 0 Å². The van der Waals surface area contributed by atoms with Gasteiger partial charge in [-0.25, -0.2) is 0 Å². The van der Waals surface area contributed by atoms with E-state index >= 15 is 0 Å². The second kappa shape index (κ2) is 6.55. The van der Waals surface area contributed by atoms with E-state index in [0.29, 0.717) is 12.3 Å². The summed E-state index contributed by atoms with van der Waals surface area (Å²) in [4.78, 5) is 11.6. The number of nitrogens with two attached hydrogens (primary N) is 1. The van der Waals surface area contributed by atoms with Crippen molar-refractivity contribution in [2.45, 2.75) is 52.1 Å². The molecule has 1 rings (SSSR count). The first-order valence-electron chi connectivity index (χ1n) is 6.55. The van der Waals surface area contributed by atoms with Gasteiger partial charge in [0.05, 0.1) is 6.04 Å². The van der Waals surface area contributed by atoms with Gasteiger partial charge in [-0.1, -0.05) is 38.1 Å². The first-order chi connectivity index (χ1) is 8.40. The summed E-state index contributed by atoms with van der Waals surface area (Å²) in [6.07, 6.45) is 0.369. The van der Waals surface area contributed by atoms with Crippen molar-refractivity contribution in [3.05, 3.63) is 35.4 Å². The standard InChI is InChI=1S/C15H24N2O/c1-10(2)13-5-7-14(8-6-13)12(4)17-15(18)9-11(3)16/h5-8,10-12H,9,16H2,1-4H3,(H,17,18). The summed E-state index contributed by atoms with van der Waals surface area (Å²) in [7, 11) is 0. The molecule has 0 saturated carbocycles. The maximum Gasteiger partial charge on any atom is 0.222 e. The number of hydrogen-bond acceptors (Lipinski definition) is 2. The first-order valence-corrected chi connectivity index (χ1v) is 6.55. The molecule has 0 aliphatic heterocycles. The molecule has 3 heteroatoms. The Kier molecular flexibility index (Phi) is 5.35. The van der Waals surface area contributed by atoms with Gasteiger partial charge in [0.1, 0.15) is 0 Å². The van der Waals surface area contributed by atoms with Gasteiger partial charge in [0, 0.05) is 12.5 Å². The Labute approximate surface area is 110 Å². The van der Waals surface area contributed by atoms with E-state index in [4.69, 9.17) is 5.73 Å². The molecule has 0 aliphatic rings. The summed E-state index contributed by atoms with van der Waals surface area (Å²) in [5.74, 6) is 0.535. The van der Waals surface area contributed by atoms with E-state index in [-0.39, 0.29) is 18.0 Å². The van der Waals surface area contributed by atoms with Crippen LogP contribution in [0, 0.1) is 0 Å². The molecule has 1 amide bonds. The molecule has 0 spiro atoms. The summed E-state index contributed by atoms with van der Waals surface area (Å²) in [5.41, 5.74) is 8.04. The predicted octanol–water partition coefficient (Wildman–Crippen LogP) is 2.72. The van der Waals surface area contributed by atoms with E-state index in [1.54, 1.807) is 0 Å². The van der Waals surface area contributed by atoms with Crippen LogP contribution in [-0.2, 0) is 4.79 Å². The van der Waals surface area contributed by atoms with Crippen LogP contribution in [0.5, 0.6) is 0 Å². The van der Waals surface area contributed by atoms with E-state index in [1.165, 1.54) is 5.56 Å². The van der Waals surface area contributed by atoms with E-state index in [0.717, 1.165) is 5.56 Å². The number of benzene rings is 1. The van der Waals surface area contributed by atoms with E-state index in [1.807, 2.05) is 13.8 Å². The van der Waals surface area contributed by atoms with Crippen LogP contribution < -0.4 is 11.1 Å². The van der Waals surface area contributed by atoms with Crippen molar-refractivity contribution < 1.29 is 4.79 Å². The van der Waals surface area contributed by atoms with Gasteiger partial charge in [-0.3, -0.25) is 4.79 Å². The third-order valence-electron chi connectivity index (χ3n) is 2.99. The molecule has 0 saturated heterocycles. The minimum absolute atomic E-state index is 0.00503. The van der Waals surface area contributed by atoms with Crippen LogP contribution in [0.1, 0.15) is 57.2 Å².